The molecule has 0 aliphatic heterocycles. The summed E-state index contributed by atoms with van der Waals surface area (Å²) >= 11 is 3.26. The maximum atomic E-state index is 12.9. The third kappa shape index (κ3) is 3.74. The van der Waals surface area contributed by atoms with Crippen LogP contribution in [0.2, 0.25) is 0 Å². The lowest BCUT2D eigenvalue weighted by atomic mass is 9.96. The second-order valence-electron chi connectivity index (χ2n) is 4.07. The maximum absolute atomic E-state index is 12.9. The number of benzene rings is 1. The van der Waals surface area contributed by atoms with Gasteiger partial charge in [-0.15, -0.1) is 0 Å². The number of methoxy groups -OCH3 is 2. The van der Waals surface area contributed by atoms with Crippen molar-refractivity contribution in [3.8, 4) is 0 Å². The van der Waals surface area contributed by atoms with Crippen LogP contribution in [0.3, 0.4) is 0 Å². The molecule has 1 aromatic rings. The van der Waals surface area contributed by atoms with Gasteiger partial charge in [0.15, 0.2) is 6.29 Å². The Morgan fingerprint density at radius 1 is 1.41 bits per heavy atom. The van der Waals surface area contributed by atoms with Crippen molar-refractivity contribution < 1.29 is 19.0 Å². The molecule has 0 spiro atoms. The Bertz CT molecular complexity index is 378. The predicted molar refractivity (Wildman–Crippen MR) is 66.2 cm³/mol. The van der Waals surface area contributed by atoms with Crippen LogP contribution in [0.4, 0.5) is 4.39 Å². The molecule has 0 aliphatic carbocycles. The van der Waals surface area contributed by atoms with E-state index in [-0.39, 0.29) is 5.82 Å². The fraction of sp³-hybridized carbons (Fsp3) is 0.500. The first kappa shape index (κ1) is 14.6. The first-order valence-electron chi connectivity index (χ1n) is 5.12. The van der Waals surface area contributed by atoms with E-state index in [4.69, 9.17) is 9.47 Å². The van der Waals surface area contributed by atoms with Gasteiger partial charge in [-0.1, -0.05) is 22.0 Å². The van der Waals surface area contributed by atoms with Crippen LogP contribution in [0.5, 0.6) is 0 Å². The van der Waals surface area contributed by atoms with E-state index in [1.54, 1.807) is 13.0 Å². The Morgan fingerprint density at radius 2 is 2.00 bits per heavy atom. The minimum absolute atomic E-state index is 0.292. The fourth-order valence-corrected chi connectivity index (χ4v) is 2.23. The highest BCUT2D eigenvalue weighted by Crippen LogP contribution is 2.25. The molecule has 17 heavy (non-hydrogen) atoms. The molecule has 0 saturated heterocycles. The maximum Gasteiger partial charge on any atom is 0.185 e. The second-order valence-corrected chi connectivity index (χ2v) is 4.93. The highest BCUT2D eigenvalue weighted by molar-refractivity contribution is 9.10. The number of ether oxygens (including phenoxy) is 2. The van der Waals surface area contributed by atoms with Crippen molar-refractivity contribution in [2.75, 3.05) is 14.2 Å². The van der Waals surface area contributed by atoms with Gasteiger partial charge in [-0.3, -0.25) is 0 Å². The molecule has 0 fully saturated rings. The summed E-state index contributed by atoms with van der Waals surface area (Å²) in [6, 6.07) is 4.33. The minimum atomic E-state index is -1.19. The van der Waals surface area contributed by atoms with Crippen LogP contribution in [0, 0.1) is 5.82 Å². The van der Waals surface area contributed by atoms with Crippen LogP contribution in [0.1, 0.15) is 12.5 Å². The summed E-state index contributed by atoms with van der Waals surface area (Å²) in [5, 5.41) is 10.3. The zero-order chi connectivity index (χ0) is 13.1. The number of halogens is 2. The van der Waals surface area contributed by atoms with Crippen molar-refractivity contribution >= 4 is 15.9 Å². The zero-order valence-corrected chi connectivity index (χ0v) is 11.6. The zero-order valence-electron chi connectivity index (χ0n) is 10.0. The van der Waals surface area contributed by atoms with Crippen LogP contribution in [-0.4, -0.2) is 31.2 Å². The molecule has 0 saturated carbocycles. The van der Waals surface area contributed by atoms with Crippen LogP contribution < -0.4 is 0 Å². The number of hydrogen-bond acceptors (Lipinski definition) is 3. The van der Waals surface area contributed by atoms with E-state index in [1.807, 2.05) is 0 Å². The number of rotatable bonds is 5. The van der Waals surface area contributed by atoms with Gasteiger partial charge in [0.2, 0.25) is 0 Å². The normalized spacial score (nSPS) is 15.0. The summed E-state index contributed by atoms with van der Waals surface area (Å²) in [4.78, 5) is 0. The van der Waals surface area contributed by atoms with Gasteiger partial charge in [-0.25, -0.2) is 4.39 Å². The van der Waals surface area contributed by atoms with Gasteiger partial charge >= 0.3 is 0 Å². The quantitative estimate of drug-likeness (QED) is 0.850. The lowest BCUT2D eigenvalue weighted by molar-refractivity contribution is -0.207. The Kier molecular flexibility index (Phi) is 5.06. The number of hydrogen-bond donors (Lipinski definition) is 1. The van der Waals surface area contributed by atoms with Crippen molar-refractivity contribution in [2.24, 2.45) is 0 Å². The van der Waals surface area contributed by atoms with Gasteiger partial charge in [0.25, 0.3) is 0 Å². The van der Waals surface area contributed by atoms with E-state index in [0.29, 0.717) is 10.9 Å². The molecular formula is C12H16BrFO3. The van der Waals surface area contributed by atoms with E-state index in [0.717, 1.165) is 5.56 Å². The van der Waals surface area contributed by atoms with E-state index in [2.05, 4.69) is 15.9 Å². The Morgan fingerprint density at radius 3 is 2.47 bits per heavy atom. The van der Waals surface area contributed by atoms with Crippen molar-refractivity contribution in [1.82, 2.24) is 0 Å². The summed E-state index contributed by atoms with van der Waals surface area (Å²) in [6.45, 7) is 1.61. The SMILES string of the molecule is COC(OC)C(C)(O)Cc1ccc(F)cc1Br. The lowest BCUT2D eigenvalue weighted by Gasteiger charge is -2.30. The summed E-state index contributed by atoms with van der Waals surface area (Å²) in [5.74, 6) is -0.324. The smallest absolute Gasteiger partial charge is 0.185 e. The molecule has 0 aromatic heterocycles. The molecule has 0 heterocycles. The first-order valence-corrected chi connectivity index (χ1v) is 5.92. The van der Waals surface area contributed by atoms with Crippen LogP contribution >= 0.6 is 15.9 Å². The van der Waals surface area contributed by atoms with E-state index in [9.17, 15) is 9.50 Å². The Balaban J connectivity index is 2.89. The largest absolute Gasteiger partial charge is 0.385 e. The van der Waals surface area contributed by atoms with E-state index < -0.39 is 11.9 Å². The van der Waals surface area contributed by atoms with Gasteiger partial charge in [0.05, 0.1) is 0 Å². The predicted octanol–water partition coefficient (Wildman–Crippen LogP) is 2.50. The van der Waals surface area contributed by atoms with Gasteiger partial charge < -0.3 is 14.6 Å². The monoisotopic (exact) mass is 306 g/mol. The Labute approximate surface area is 109 Å². The molecule has 3 nitrogen and oxygen atoms in total. The molecule has 1 atom stereocenters. The van der Waals surface area contributed by atoms with E-state index in [1.165, 1.54) is 26.4 Å². The highest BCUT2D eigenvalue weighted by Gasteiger charge is 2.33. The topological polar surface area (TPSA) is 38.7 Å². The van der Waals surface area contributed by atoms with Gasteiger partial charge in [-0.2, -0.15) is 0 Å². The fourth-order valence-electron chi connectivity index (χ4n) is 1.74. The molecule has 5 heteroatoms. The summed E-state index contributed by atoms with van der Waals surface area (Å²) < 4.78 is 23.6. The van der Waals surface area contributed by atoms with Crippen molar-refractivity contribution in [1.29, 1.82) is 0 Å². The average molecular weight is 307 g/mol. The van der Waals surface area contributed by atoms with Crippen molar-refractivity contribution in [2.45, 2.75) is 25.2 Å². The van der Waals surface area contributed by atoms with Gasteiger partial charge in [-0.05, 0) is 24.6 Å². The lowest BCUT2D eigenvalue weighted by Crippen LogP contribution is -2.43. The molecule has 1 rings (SSSR count). The van der Waals surface area contributed by atoms with Crippen molar-refractivity contribution in [3.63, 3.8) is 0 Å². The molecular weight excluding hydrogens is 291 g/mol. The summed E-state index contributed by atoms with van der Waals surface area (Å²) in [6.07, 6.45) is -0.445. The van der Waals surface area contributed by atoms with Crippen LogP contribution in [0.15, 0.2) is 22.7 Å². The minimum Gasteiger partial charge on any atom is -0.385 e. The molecule has 0 bridgehead atoms. The molecule has 0 aliphatic rings. The molecule has 1 unspecified atom stereocenters. The van der Waals surface area contributed by atoms with Crippen LogP contribution in [0.25, 0.3) is 0 Å². The molecule has 0 amide bonds. The van der Waals surface area contributed by atoms with Gasteiger partial charge in [0.1, 0.15) is 11.4 Å². The Hall–Kier alpha value is -0.490. The third-order valence-electron chi connectivity index (χ3n) is 2.50. The van der Waals surface area contributed by atoms with E-state index >= 15 is 0 Å². The molecule has 0 radical (unpaired) electrons. The average Bonchev–Trinajstić information content (AvgIpc) is 2.23. The molecule has 96 valence electrons. The third-order valence-corrected chi connectivity index (χ3v) is 3.24. The van der Waals surface area contributed by atoms with Gasteiger partial charge in [0, 0.05) is 25.1 Å². The van der Waals surface area contributed by atoms with Crippen LogP contribution in [-0.2, 0) is 15.9 Å². The van der Waals surface area contributed by atoms with Crippen molar-refractivity contribution in [3.05, 3.63) is 34.1 Å². The number of aliphatic hydroxyl groups is 1. The summed E-state index contributed by atoms with van der Waals surface area (Å²) in [5.41, 5.74) is -0.403. The molecule has 1 N–H and O–H groups in total. The molecule has 1 aromatic carbocycles. The first-order chi connectivity index (χ1) is 7.90. The summed E-state index contributed by atoms with van der Waals surface area (Å²) in [7, 11) is 2.92. The standard InChI is InChI=1S/C12H16BrFO3/c1-12(15,11(16-2)17-3)7-8-4-5-9(14)6-10(8)13/h4-6,11,15H,7H2,1-3H3. The second kappa shape index (κ2) is 5.91. The highest BCUT2D eigenvalue weighted by atomic mass is 79.9.